The minimum Gasteiger partial charge on any atom is -0.455 e. The molecule has 0 saturated carbocycles. The minimum atomic E-state index is -0.113. The first-order valence-corrected chi connectivity index (χ1v) is 17.5. The van der Waals surface area contributed by atoms with Crippen molar-refractivity contribution in [1.29, 1.82) is 0 Å². The van der Waals surface area contributed by atoms with Crippen LogP contribution in [0.25, 0.3) is 98.4 Å². The van der Waals surface area contributed by atoms with Crippen LogP contribution in [0.3, 0.4) is 0 Å². The van der Waals surface area contributed by atoms with Crippen LogP contribution >= 0.6 is 0 Å². The predicted octanol–water partition coefficient (Wildman–Crippen LogP) is 13.8. The molecule has 11 rings (SSSR count). The SMILES string of the molecule is CC1(C)c2ccc3ccccc3c2-c2c1ccc1c2oc2cc(-c3c4ccccc4c(-c4ccc5ccccc5c4)c4ccccc34)ccc21. The van der Waals surface area contributed by atoms with E-state index in [1.807, 2.05) is 0 Å². The molecule has 9 aromatic carbocycles. The van der Waals surface area contributed by atoms with Gasteiger partial charge < -0.3 is 4.42 Å². The Morgan fingerprint density at radius 3 is 1.56 bits per heavy atom. The summed E-state index contributed by atoms with van der Waals surface area (Å²) < 4.78 is 7.01. The summed E-state index contributed by atoms with van der Waals surface area (Å²) in [7, 11) is 0. The number of furan rings is 1. The van der Waals surface area contributed by atoms with E-state index < -0.39 is 0 Å². The Morgan fingerprint density at radius 1 is 0.360 bits per heavy atom. The van der Waals surface area contributed by atoms with Crippen molar-refractivity contribution in [3.8, 4) is 33.4 Å². The summed E-state index contributed by atoms with van der Waals surface area (Å²) in [5, 5.41) is 12.4. The van der Waals surface area contributed by atoms with Crippen LogP contribution in [-0.4, -0.2) is 0 Å². The fraction of sp³-hybridized carbons (Fsp3) is 0.0612. The number of rotatable bonds is 2. The third-order valence-corrected chi connectivity index (χ3v) is 11.4. The second kappa shape index (κ2) is 9.94. The van der Waals surface area contributed by atoms with Crippen molar-refractivity contribution in [3.63, 3.8) is 0 Å². The van der Waals surface area contributed by atoms with E-state index in [0.717, 1.165) is 22.1 Å². The van der Waals surface area contributed by atoms with Gasteiger partial charge in [0.1, 0.15) is 11.2 Å². The topological polar surface area (TPSA) is 13.1 Å². The molecule has 1 heterocycles. The van der Waals surface area contributed by atoms with Gasteiger partial charge in [0, 0.05) is 21.8 Å². The minimum absolute atomic E-state index is 0.113. The maximum atomic E-state index is 7.01. The lowest BCUT2D eigenvalue weighted by Crippen LogP contribution is -2.14. The lowest BCUT2D eigenvalue weighted by Gasteiger charge is -2.21. The summed E-state index contributed by atoms with van der Waals surface area (Å²) in [6, 6.07) is 58.0. The Hall–Kier alpha value is -6.18. The molecule has 10 aromatic rings. The van der Waals surface area contributed by atoms with Crippen molar-refractivity contribution in [2.24, 2.45) is 0 Å². The Labute approximate surface area is 290 Å². The average molecular weight is 637 g/mol. The van der Waals surface area contributed by atoms with Gasteiger partial charge >= 0.3 is 0 Å². The summed E-state index contributed by atoms with van der Waals surface area (Å²) in [5.41, 5.74) is 12.0. The molecule has 0 N–H and O–H groups in total. The van der Waals surface area contributed by atoms with E-state index in [2.05, 4.69) is 172 Å². The van der Waals surface area contributed by atoms with E-state index >= 15 is 0 Å². The molecule has 50 heavy (non-hydrogen) atoms. The third-order valence-electron chi connectivity index (χ3n) is 11.4. The summed E-state index contributed by atoms with van der Waals surface area (Å²) in [4.78, 5) is 0. The lowest BCUT2D eigenvalue weighted by molar-refractivity contribution is 0.653. The van der Waals surface area contributed by atoms with Gasteiger partial charge in [-0.05, 0) is 100 Å². The molecular weight excluding hydrogens is 605 g/mol. The maximum absolute atomic E-state index is 7.01. The summed E-state index contributed by atoms with van der Waals surface area (Å²) >= 11 is 0. The predicted molar refractivity (Wildman–Crippen MR) is 212 cm³/mol. The molecule has 0 unspecified atom stereocenters. The molecule has 1 aliphatic carbocycles. The molecule has 0 radical (unpaired) electrons. The van der Waals surface area contributed by atoms with Crippen molar-refractivity contribution >= 4 is 65.0 Å². The van der Waals surface area contributed by atoms with Crippen LogP contribution in [0.15, 0.2) is 162 Å². The highest BCUT2D eigenvalue weighted by atomic mass is 16.3. The molecule has 1 heteroatoms. The fourth-order valence-electron chi connectivity index (χ4n) is 9.07. The second-order valence-corrected chi connectivity index (χ2v) is 14.4. The number of hydrogen-bond acceptors (Lipinski definition) is 1. The van der Waals surface area contributed by atoms with E-state index in [4.69, 9.17) is 4.42 Å². The zero-order chi connectivity index (χ0) is 33.1. The van der Waals surface area contributed by atoms with Crippen LogP contribution in [0.5, 0.6) is 0 Å². The Kier molecular flexibility index (Phi) is 5.51. The van der Waals surface area contributed by atoms with E-state index in [0.29, 0.717) is 0 Å². The normalized spacial score (nSPS) is 13.6. The second-order valence-electron chi connectivity index (χ2n) is 14.4. The van der Waals surface area contributed by atoms with Gasteiger partial charge in [-0.15, -0.1) is 0 Å². The highest BCUT2D eigenvalue weighted by molar-refractivity contribution is 6.23. The van der Waals surface area contributed by atoms with Gasteiger partial charge in [-0.3, -0.25) is 0 Å². The smallest absolute Gasteiger partial charge is 0.143 e. The Balaban J connectivity index is 1.18. The van der Waals surface area contributed by atoms with Crippen LogP contribution in [-0.2, 0) is 5.41 Å². The summed E-state index contributed by atoms with van der Waals surface area (Å²) in [5.74, 6) is 0. The van der Waals surface area contributed by atoms with Gasteiger partial charge in [0.15, 0.2) is 0 Å². The molecule has 1 aromatic heterocycles. The van der Waals surface area contributed by atoms with Crippen LogP contribution in [0.1, 0.15) is 25.0 Å². The third kappa shape index (κ3) is 3.67. The first-order chi connectivity index (χ1) is 24.6. The van der Waals surface area contributed by atoms with E-state index in [1.54, 1.807) is 0 Å². The summed E-state index contributed by atoms with van der Waals surface area (Å²) in [6.45, 7) is 4.69. The van der Waals surface area contributed by atoms with Gasteiger partial charge in [-0.2, -0.15) is 0 Å². The zero-order valence-electron chi connectivity index (χ0n) is 27.9. The van der Waals surface area contributed by atoms with Crippen LogP contribution < -0.4 is 0 Å². The summed E-state index contributed by atoms with van der Waals surface area (Å²) in [6.07, 6.45) is 0. The highest BCUT2D eigenvalue weighted by Crippen LogP contribution is 2.55. The number of fused-ring (bicyclic) bond motifs is 12. The number of hydrogen-bond donors (Lipinski definition) is 0. The maximum Gasteiger partial charge on any atom is 0.143 e. The standard InChI is InChI=1S/C49H32O/c1-49(2)41-25-22-30-12-5-6-14-34(30)46(41)47-42(49)26-24-40-35-23-21-33(28-43(35)50-48(40)47)45-38-17-9-7-15-36(38)44(37-16-8-10-18-39(37)45)32-20-19-29-11-3-4-13-31(29)27-32/h3-28H,1-2H3. The number of benzene rings is 9. The molecule has 0 amide bonds. The van der Waals surface area contributed by atoms with Gasteiger partial charge in [-0.1, -0.05) is 153 Å². The van der Waals surface area contributed by atoms with E-state index in [1.165, 1.54) is 87.4 Å². The van der Waals surface area contributed by atoms with Crippen molar-refractivity contribution in [3.05, 3.63) is 169 Å². The molecule has 234 valence electrons. The van der Waals surface area contributed by atoms with Gasteiger partial charge in [0.25, 0.3) is 0 Å². The van der Waals surface area contributed by atoms with E-state index in [-0.39, 0.29) is 5.41 Å². The van der Waals surface area contributed by atoms with Crippen LogP contribution in [0.2, 0.25) is 0 Å². The lowest BCUT2D eigenvalue weighted by atomic mass is 9.82. The zero-order valence-corrected chi connectivity index (χ0v) is 27.9. The van der Waals surface area contributed by atoms with Crippen LogP contribution in [0, 0.1) is 0 Å². The molecule has 0 aliphatic heterocycles. The average Bonchev–Trinajstić information content (AvgIpc) is 3.65. The highest BCUT2D eigenvalue weighted by Gasteiger charge is 2.38. The van der Waals surface area contributed by atoms with Crippen LogP contribution in [0.4, 0.5) is 0 Å². The quantitative estimate of drug-likeness (QED) is 0.172. The molecule has 1 aliphatic rings. The first-order valence-electron chi connectivity index (χ1n) is 17.5. The molecule has 0 fully saturated rings. The largest absolute Gasteiger partial charge is 0.455 e. The van der Waals surface area contributed by atoms with Gasteiger partial charge in [-0.25, -0.2) is 0 Å². The van der Waals surface area contributed by atoms with Crippen molar-refractivity contribution in [2.75, 3.05) is 0 Å². The fourth-order valence-corrected chi connectivity index (χ4v) is 9.07. The molecule has 0 saturated heterocycles. The molecule has 0 atom stereocenters. The molecule has 0 spiro atoms. The van der Waals surface area contributed by atoms with Gasteiger partial charge in [0.05, 0.1) is 0 Å². The van der Waals surface area contributed by atoms with Crippen molar-refractivity contribution in [2.45, 2.75) is 19.3 Å². The van der Waals surface area contributed by atoms with E-state index in [9.17, 15) is 0 Å². The Bertz CT molecular complexity index is 3010. The molecule has 0 bridgehead atoms. The Morgan fingerprint density at radius 2 is 0.860 bits per heavy atom. The van der Waals surface area contributed by atoms with Crippen molar-refractivity contribution < 1.29 is 4.42 Å². The van der Waals surface area contributed by atoms with Crippen molar-refractivity contribution in [1.82, 2.24) is 0 Å². The molecular formula is C49H32O. The van der Waals surface area contributed by atoms with Gasteiger partial charge in [0.2, 0.25) is 0 Å². The molecule has 1 nitrogen and oxygen atoms in total. The monoisotopic (exact) mass is 636 g/mol. The first kappa shape index (κ1) is 27.7.